The number of benzene rings is 1. The summed E-state index contributed by atoms with van der Waals surface area (Å²) in [6.07, 6.45) is 2.70. The molecule has 0 heterocycles. The smallest absolute Gasteiger partial charge is 0.119 e. The Hall–Kier alpha value is -0.770. The number of hydrogen-bond acceptors (Lipinski definition) is 3. The Balaban J connectivity index is 1.54. The molecule has 1 aromatic carbocycles. The van der Waals surface area contributed by atoms with Gasteiger partial charge in [-0.15, -0.1) is 0 Å². The minimum Gasteiger partial charge on any atom is -0.492 e. The van der Waals surface area contributed by atoms with Gasteiger partial charge in [0.25, 0.3) is 0 Å². The molecular formula is C14H21ClN2O. The van der Waals surface area contributed by atoms with Gasteiger partial charge in [-0.3, -0.25) is 0 Å². The molecule has 0 unspecified atom stereocenters. The Kier molecular flexibility index (Phi) is 5.29. The second kappa shape index (κ2) is 6.98. The lowest BCUT2D eigenvalue weighted by Crippen LogP contribution is -2.32. The van der Waals surface area contributed by atoms with Crippen LogP contribution < -0.4 is 10.1 Å². The second-order valence-electron chi connectivity index (χ2n) is 4.83. The molecule has 2 rings (SSSR count). The summed E-state index contributed by atoms with van der Waals surface area (Å²) in [6.45, 7) is 3.79. The maximum absolute atomic E-state index is 5.81. The predicted octanol–water partition coefficient (Wildman–Crippen LogP) is 2.40. The number of likely N-dealkylation sites (N-methyl/N-ethyl adjacent to an activating group) is 1. The first-order chi connectivity index (χ1) is 8.74. The van der Waals surface area contributed by atoms with Crippen molar-refractivity contribution >= 4 is 11.6 Å². The summed E-state index contributed by atoms with van der Waals surface area (Å²) in [6, 6.07) is 8.29. The van der Waals surface area contributed by atoms with Crippen LogP contribution in [0.3, 0.4) is 0 Å². The fraction of sp³-hybridized carbons (Fsp3) is 0.571. The van der Waals surface area contributed by atoms with Crippen molar-refractivity contribution in [3.63, 3.8) is 0 Å². The van der Waals surface area contributed by atoms with Crippen LogP contribution in [0.2, 0.25) is 5.02 Å². The highest BCUT2D eigenvalue weighted by Gasteiger charge is 2.19. The lowest BCUT2D eigenvalue weighted by atomic mass is 10.3. The van der Waals surface area contributed by atoms with Crippen molar-refractivity contribution in [2.24, 2.45) is 0 Å². The molecule has 4 heteroatoms. The van der Waals surface area contributed by atoms with Crippen molar-refractivity contribution in [3.05, 3.63) is 29.3 Å². The van der Waals surface area contributed by atoms with Crippen molar-refractivity contribution in [1.82, 2.24) is 10.2 Å². The molecule has 0 amide bonds. The van der Waals surface area contributed by atoms with Crippen LogP contribution in [0.25, 0.3) is 0 Å². The van der Waals surface area contributed by atoms with E-state index >= 15 is 0 Å². The zero-order valence-corrected chi connectivity index (χ0v) is 11.6. The number of nitrogens with one attached hydrogen (secondary N) is 1. The molecule has 0 spiro atoms. The maximum atomic E-state index is 5.81. The topological polar surface area (TPSA) is 24.5 Å². The molecule has 1 N–H and O–H groups in total. The number of hydrogen-bond donors (Lipinski definition) is 1. The zero-order chi connectivity index (χ0) is 12.8. The van der Waals surface area contributed by atoms with Gasteiger partial charge >= 0.3 is 0 Å². The van der Waals surface area contributed by atoms with E-state index in [1.165, 1.54) is 12.8 Å². The fourth-order valence-electron chi connectivity index (χ4n) is 1.71. The predicted molar refractivity (Wildman–Crippen MR) is 75.5 cm³/mol. The highest BCUT2D eigenvalue weighted by atomic mass is 35.5. The van der Waals surface area contributed by atoms with Crippen LogP contribution in [0.4, 0.5) is 0 Å². The second-order valence-corrected chi connectivity index (χ2v) is 5.27. The van der Waals surface area contributed by atoms with Gasteiger partial charge in [-0.1, -0.05) is 11.6 Å². The molecule has 1 aromatic rings. The molecule has 0 saturated heterocycles. The summed E-state index contributed by atoms with van der Waals surface area (Å²) >= 11 is 5.81. The number of halogens is 1. The van der Waals surface area contributed by atoms with Crippen LogP contribution in [0.1, 0.15) is 12.8 Å². The van der Waals surface area contributed by atoms with Crippen molar-refractivity contribution in [2.45, 2.75) is 18.9 Å². The monoisotopic (exact) mass is 268 g/mol. The standard InChI is InChI=1S/C14H21ClN2O/c1-17(9-8-16-13-4-5-13)10-11-18-14-6-2-12(15)3-7-14/h2-3,6-7,13,16H,4-5,8-11H2,1H3. The maximum Gasteiger partial charge on any atom is 0.119 e. The fourth-order valence-corrected chi connectivity index (χ4v) is 1.83. The van der Waals surface area contributed by atoms with Crippen LogP contribution in [-0.4, -0.2) is 44.2 Å². The Morgan fingerprint density at radius 1 is 1.28 bits per heavy atom. The molecule has 1 saturated carbocycles. The van der Waals surface area contributed by atoms with E-state index in [1.54, 1.807) is 0 Å². The van der Waals surface area contributed by atoms with E-state index in [0.29, 0.717) is 6.61 Å². The molecule has 0 radical (unpaired) electrons. The summed E-state index contributed by atoms with van der Waals surface area (Å²) < 4.78 is 5.65. The van der Waals surface area contributed by atoms with E-state index in [4.69, 9.17) is 16.3 Å². The van der Waals surface area contributed by atoms with E-state index in [2.05, 4.69) is 17.3 Å². The normalized spacial score (nSPS) is 15.1. The van der Waals surface area contributed by atoms with Crippen LogP contribution in [0.15, 0.2) is 24.3 Å². The van der Waals surface area contributed by atoms with Crippen LogP contribution in [0, 0.1) is 0 Å². The van der Waals surface area contributed by atoms with Gasteiger partial charge < -0.3 is 15.0 Å². The number of ether oxygens (including phenoxy) is 1. The van der Waals surface area contributed by atoms with Gasteiger partial charge in [0.2, 0.25) is 0 Å². The van der Waals surface area contributed by atoms with Crippen molar-refractivity contribution in [2.75, 3.05) is 33.3 Å². The van der Waals surface area contributed by atoms with Crippen LogP contribution in [0.5, 0.6) is 5.75 Å². The molecule has 0 atom stereocenters. The molecule has 0 bridgehead atoms. The third-order valence-electron chi connectivity index (χ3n) is 3.06. The van der Waals surface area contributed by atoms with E-state index in [9.17, 15) is 0 Å². The van der Waals surface area contributed by atoms with Gasteiger partial charge in [-0.05, 0) is 44.2 Å². The summed E-state index contributed by atoms with van der Waals surface area (Å²) in [5.74, 6) is 0.879. The first kappa shape index (κ1) is 13.7. The summed E-state index contributed by atoms with van der Waals surface area (Å²) in [4.78, 5) is 2.28. The lowest BCUT2D eigenvalue weighted by molar-refractivity contribution is 0.237. The highest BCUT2D eigenvalue weighted by Crippen LogP contribution is 2.18. The van der Waals surface area contributed by atoms with Gasteiger partial charge in [0, 0.05) is 30.7 Å². The van der Waals surface area contributed by atoms with Crippen molar-refractivity contribution in [3.8, 4) is 5.75 Å². The molecule has 1 aliphatic rings. The largest absolute Gasteiger partial charge is 0.492 e. The molecule has 18 heavy (non-hydrogen) atoms. The molecular weight excluding hydrogens is 248 g/mol. The van der Waals surface area contributed by atoms with Gasteiger partial charge in [0.1, 0.15) is 12.4 Å². The third kappa shape index (κ3) is 5.25. The van der Waals surface area contributed by atoms with E-state index in [-0.39, 0.29) is 0 Å². The molecule has 3 nitrogen and oxygen atoms in total. The summed E-state index contributed by atoms with van der Waals surface area (Å²) in [7, 11) is 2.12. The molecule has 1 aliphatic carbocycles. The lowest BCUT2D eigenvalue weighted by Gasteiger charge is -2.17. The summed E-state index contributed by atoms with van der Waals surface area (Å²) in [5.41, 5.74) is 0. The van der Waals surface area contributed by atoms with Crippen LogP contribution in [-0.2, 0) is 0 Å². The Labute approximate surface area is 114 Å². The van der Waals surface area contributed by atoms with Gasteiger partial charge in [-0.25, -0.2) is 0 Å². The van der Waals surface area contributed by atoms with E-state index < -0.39 is 0 Å². The Morgan fingerprint density at radius 2 is 2.00 bits per heavy atom. The van der Waals surface area contributed by atoms with Crippen molar-refractivity contribution < 1.29 is 4.74 Å². The van der Waals surface area contributed by atoms with E-state index in [0.717, 1.165) is 36.4 Å². The Morgan fingerprint density at radius 3 is 2.67 bits per heavy atom. The molecule has 0 aliphatic heterocycles. The minimum atomic E-state index is 0.710. The number of nitrogens with zero attached hydrogens (tertiary/aromatic N) is 1. The minimum absolute atomic E-state index is 0.710. The van der Waals surface area contributed by atoms with Gasteiger partial charge in [0.05, 0.1) is 0 Å². The molecule has 100 valence electrons. The molecule has 0 aromatic heterocycles. The van der Waals surface area contributed by atoms with E-state index in [1.807, 2.05) is 24.3 Å². The third-order valence-corrected chi connectivity index (χ3v) is 3.31. The Bertz CT molecular complexity index is 351. The first-order valence-electron chi connectivity index (χ1n) is 6.54. The SMILES string of the molecule is CN(CCNC1CC1)CCOc1ccc(Cl)cc1. The van der Waals surface area contributed by atoms with Gasteiger partial charge in [-0.2, -0.15) is 0 Å². The average molecular weight is 269 g/mol. The van der Waals surface area contributed by atoms with Crippen LogP contribution >= 0.6 is 11.6 Å². The highest BCUT2D eigenvalue weighted by molar-refractivity contribution is 6.30. The number of rotatable bonds is 8. The quantitative estimate of drug-likeness (QED) is 0.784. The average Bonchev–Trinajstić information content (AvgIpc) is 3.16. The first-order valence-corrected chi connectivity index (χ1v) is 6.92. The van der Waals surface area contributed by atoms with Gasteiger partial charge in [0.15, 0.2) is 0 Å². The van der Waals surface area contributed by atoms with Crippen molar-refractivity contribution in [1.29, 1.82) is 0 Å². The summed E-state index contributed by atoms with van der Waals surface area (Å²) in [5, 5.41) is 4.25. The zero-order valence-electron chi connectivity index (χ0n) is 10.9. The molecule has 1 fully saturated rings.